The van der Waals surface area contributed by atoms with Gasteiger partial charge in [-0.3, -0.25) is 19.3 Å². The highest BCUT2D eigenvalue weighted by Crippen LogP contribution is 2.31. The molecule has 7 heteroatoms. The van der Waals surface area contributed by atoms with Gasteiger partial charge in [-0.2, -0.15) is 0 Å². The van der Waals surface area contributed by atoms with Crippen molar-refractivity contribution in [3.63, 3.8) is 0 Å². The molecule has 1 aliphatic heterocycles. The van der Waals surface area contributed by atoms with Crippen molar-refractivity contribution in [1.29, 1.82) is 0 Å². The molecular weight excluding hydrogens is 346 g/mol. The van der Waals surface area contributed by atoms with Crippen LogP contribution in [0.1, 0.15) is 15.9 Å². The van der Waals surface area contributed by atoms with Crippen molar-refractivity contribution >= 4 is 23.4 Å². The number of nitrogens with one attached hydrogen (secondary N) is 1. The van der Waals surface area contributed by atoms with Crippen molar-refractivity contribution in [2.45, 2.75) is 6.54 Å². The largest absolute Gasteiger partial charge is 0.482 e. The van der Waals surface area contributed by atoms with Crippen molar-refractivity contribution in [2.24, 2.45) is 0 Å². The van der Waals surface area contributed by atoms with Gasteiger partial charge in [-0.05, 0) is 29.8 Å². The summed E-state index contributed by atoms with van der Waals surface area (Å²) >= 11 is 0. The summed E-state index contributed by atoms with van der Waals surface area (Å²) in [6.45, 7) is 0.258. The molecule has 3 amide bonds. The van der Waals surface area contributed by atoms with Gasteiger partial charge in [0, 0.05) is 26.2 Å². The number of benzene rings is 2. The molecule has 0 radical (unpaired) electrons. The number of likely N-dealkylation sites (N-methyl/N-ethyl adjacent to an activating group) is 1. The highest BCUT2D eigenvalue weighted by atomic mass is 16.5. The van der Waals surface area contributed by atoms with E-state index in [9.17, 15) is 14.4 Å². The molecule has 140 valence electrons. The zero-order chi connectivity index (χ0) is 19.4. The van der Waals surface area contributed by atoms with Gasteiger partial charge < -0.3 is 15.0 Å². The summed E-state index contributed by atoms with van der Waals surface area (Å²) in [5, 5.41) is 2.57. The number of fused-ring (bicyclic) bond motifs is 1. The second-order valence-corrected chi connectivity index (χ2v) is 6.26. The lowest BCUT2D eigenvalue weighted by Gasteiger charge is -2.30. The number of hydrogen-bond acceptors (Lipinski definition) is 4. The Hall–Kier alpha value is -3.35. The summed E-state index contributed by atoms with van der Waals surface area (Å²) in [6, 6.07) is 14.2. The van der Waals surface area contributed by atoms with Crippen LogP contribution >= 0.6 is 0 Å². The Kier molecular flexibility index (Phi) is 5.40. The molecule has 0 aromatic heterocycles. The van der Waals surface area contributed by atoms with E-state index in [0.717, 1.165) is 5.56 Å². The van der Waals surface area contributed by atoms with Crippen LogP contribution in [0.5, 0.6) is 5.75 Å². The molecule has 0 bridgehead atoms. The minimum Gasteiger partial charge on any atom is -0.482 e. The predicted molar refractivity (Wildman–Crippen MR) is 101 cm³/mol. The van der Waals surface area contributed by atoms with Gasteiger partial charge in [-0.25, -0.2) is 0 Å². The first-order valence-corrected chi connectivity index (χ1v) is 8.57. The fraction of sp³-hybridized carbons (Fsp3) is 0.250. The average molecular weight is 367 g/mol. The first kappa shape index (κ1) is 18.4. The molecule has 1 aliphatic rings. The third kappa shape index (κ3) is 4.08. The van der Waals surface area contributed by atoms with Crippen molar-refractivity contribution in [1.82, 2.24) is 10.2 Å². The van der Waals surface area contributed by atoms with Crippen molar-refractivity contribution in [3.05, 3.63) is 59.7 Å². The van der Waals surface area contributed by atoms with E-state index in [1.54, 1.807) is 49.3 Å². The van der Waals surface area contributed by atoms with Crippen molar-refractivity contribution < 1.29 is 19.1 Å². The van der Waals surface area contributed by atoms with E-state index in [1.165, 1.54) is 4.90 Å². The maximum atomic E-state index is 12.6. The van der Waals surface area contributed by atoms with Gasteiger partial charge in [-0.1, -0.05) is 24.3 Å². The van der Waals surface area contributed by atoms with Crippen molar-refractivity contribution in [2.75, 3.05) is 32.1 Å². The topological polar surface area (TPSA) is 79.0 Å². The van der Waals surface area contributed by atoms with Gasteiger partial charge in [0.2, 0.25) is 5.91 Å². The van der Waals surface area contributed by atoms with Crippen LogP contribution in [0.4, 0.5) is 5.69 Å². The summed E-state index contributed by atoms with van der Waals surface area (Å²) in [4.78, 5) is 39.4. The molecule has 1 heterocycles. The minimum absolute atomic E-state index is 0.0496. The fourth-order valence-corrected chi connectivity index (χ4v) is 2.85. The van der Waals surface area contributed by atoms with Crippen LogP contribution in [-0.2, 0) is 16.1 Å². The monoisotopic (exact) mass is 367 g/mol. The van der Waals surface area contributed by atoms with E-state index >= 15 is 0 Å². The molecule has 0 unspecified atom stereocenters. The van der Waals surface area contributed by atoms with Crippen LogP contribution in [0.3, 0.4) is 0 Å². The zero-order valence-corrected chi connectivity index (χ0v) is 15.3. The SMILES string of the molecule is CNC(=O)c1ccc(CN(C)C(=O)CN2C(=O)COc3ccccc32)cc1. The van der Waals surface area contributed by atoms with Gasteiger partial charge in [0.1, 0.15) is 12.3 Å². The molecule has 3 rings (SSSR count). The van der Waals surface area contributed by atoms with Crippen LogP contribution in [0, 0.1) is 0 Å². The van der Waals surface area contributed by atoms with Gasteiger partial charge in [0.25, 0.3) is 11.8 Å². The number of amides is 3. The van der Waals surface area contributed by atoms with Gasteiger partial charge >= 0.3 is 0 Å². The van der Waals surface area contributed by atoms with Crippen LogP contribution in [0.15, 0.2) is 48.5 Å². The number of rotatable bonds is 5. The fourth-order valence-electron chi connectivity index (χ4n) is 2.85. The second-order valence-electron chi connectivity index (χ2n) is 6.26. The normalized spacial score (nSPS) is 12.8. The molecule has 27 heavy (non-hydrogen) atoms. The van der Waals surface area contributed by atoms with E-state index in [2.05, 4.69) is 5.32 Å². The number of carbonyl (C=O) groups excluding carboxylic acids is 3. The Labute approximate surface area is 157 Å². The molecular formula is C20H21N3O4. The Bertz CT molecular complexity index is 864. The third-order valence-electron chi connectivity index (χ3n) is 4.39. The molecule has 2 aromatic carbocycles. The average Bonchev–Trinajstić information content (AvgIpc) is 2.70. The predicted octanol–water partition coefficient (Wildman–Crippen LogP) is 1.43. The summed E-state index contributed by atoms with van der Waals surface area (Å²) in [7, 11) is 3.26. The number of hydrogen-bond donors (Lipinski definition) is 1. The Morgan fingerprint density at radius 3 is 2.56 bits per heavy atom. The lowest BCUT2D eigenvalue weighted by Crippen LogP contribution is -2.45. The Balaban J connectivity index is 1.66. The number of anilines is 1. The number of para-hydroxylation sites is 2. The molecule has 0 atom stereocenters. The molecule has 7 nitrogen and oxygen atoms in total. The van der Waals surface area contributed by atoms with Crippen molar-refractivity contribution in [3.8, 4) is 5.75 Å². The lowest BCUT2D eigenvalue weighted by molar-refractivity contribution is -0.131. The van der Waals surface area contributed by atoms with E-state index in [1.807, 2.05) is 18.2 Å². The quantitative estimate of drug-likeness (QED) is 0.867. The van der Waals surface area contributed by atoms with Crippen LogP contribution < -0.4 is 15.0 Å². The van der Waals surface area contributed by atoms with Crippen LogP contribution in [-0.4, -0.2) is 49.9 Å². The molecule has 1 N–H and O–H groups in total. The molecule has 0 saturated heterocycles. The molecule has 0 aliphatic carbocycles. The highest BCUT2D eigenvalue weighted by Gasteiger charge is 2.27. The van der Waals surface area contributed by atoms with Gasteiger partial charge in [0.15, 0.2) is 6.61 Å². The zero-order valence-electron chi connectivity index (χ0n) is 15.3. The van der Waals surface area contributed by atoms with Crippen LogP contribution in [0.2, 0.25) is 0 Å². The van der Waals surface area contributed by atoms with E-state index in [-0.39, 0.29) is 30.9 Å². The molecule has 0 fully saturated rings. The maximum absolute atomic E-state index is 12.6. The second kappa shape index (κ2) is 7.90. The summed E-state index contributed by atoms with van der Waals surface area (Å²) < 4.78 is 5.39. The Morgan fingerprint density at radius 1 is 1.15 bits per heavy atom. The highest BCUT2D eigenvalue weighted by molar-refractivity contribution is 6.02. The summed E-state index contributed by atoms with van der Waals surface area (Å²) in [5.74, 6) is 0.00799. The van der Waals surface area contributed by atoms with Gasteiger partial charge in [-0.15, -0.1) is 0 Å². The van der Waals surface area contributed by atoms with E-state index in [4.69, 9.17) is 4.74 Å². The lowest BCUT2D eigenvalue weighted by atomic mass is 10.1. The minimum atomic E-state index is -0.245. The number of carbonyl (C=O) groups is 3. The van der Waals surface area contributed by atoms with E-state index < -0.39 is 0 Å². The smallest absolute Gasteiger partial charge is 0.265 e. The maximum Gasteiger partial charge on any atom is 0.265 e. The molecule has 2 aromatic rings. The molecule has 0 spiro atoms. The standard InChI is InChI=1S/C20H21N3O4/c1-21-20(26)15-9-7-14(8-10-15)11-22(2)18(24)12-23-16-5-3-4-6-17(16)27-13-19(23)25/h3-10H,11-13H2,1-2H3,(H,21,26). The molecule has 0 saturated carbocycles. The van der Waals surface area contributed by atoms with Gasteiger partial charge in [0.05, 0.1) is 5.69 Å². The summed E-state index contributed by atoms with van der Waals surface area (Å²) in [6.07, 6.45) is 0. The Morgan fingerprint density at radius 2 is 1.85 bits per heavy atom. The number of nitrogens with zero attached hydrogens (tertiary/aromatic N) is 2. The third-order valence-corrected chi connectivity index (χ3v) is 4.39. The van der Waals surface area contributed by atoms with Crippen LogP contribution in [0.25, 0.3) is 0 Å². The first-order chi connectivity index (χ1) is 13.0. The number of ether oxygens (including phenoxy) is 1. The summed E-state index contributed by atoms with van der Waals surface area (Å²) in [5.41, 5.74) is 2.06. The van der Waals surface area contributed by atoms with E-state index in [0.29, 0.717) is 23.5 Å². The first-order valence-electron chi connectivity index (χ1n) is 8.57.